The van der Waals surface area contributed by atoms with E-state index < -0.39 is 12.1 Å². The summed E-state index contributed by atoms with van der Waals surface area (Å²) in [5.41, 5.74) is 0. The minimum Gasteiger partial charge on any atom is -0.329 e. The van der Waals surface area contributed by atoms with Gasteiger partial charge in [0.1, 0.15) is 6.33 Å². The fraction of sp³-hybridized carbons (Fsp3) is 0.308. The van der Waals surface area contributed by atoms with Crippen LogP contribution in [0, 0.1) is 0 Å². The van der Waals surface area contributed by atoms with Crippen molar-refractivity contribution in [1.82, 2.24) is 24.9 Å². The van der Waals surface area contributed by atoms with Crippen LogP contribution in [0.5, 0.6) is 0 Å². The number of aromatic nitrogens is 5. The smallest absolute Gasteiger partial charge is 0.329 e. The molecule has 0 amide bonds. The first-order chi connectivity index (χ1) is 11.4. The Kier molecular flexibility index (Phi) is 4.18. The van der Waals surface area contributed by atoms with Gasteiger partial charge in [0.2, 0.25) is 5.82 Å². The number of halogens is 3. The van der Waals surface area contributed by atoms with Crippen LogP contribution in [-0.2, 0) is 12.7 Å². The molecule has 0 aliphatic rings. The Labute approximate surface area is 137 Å². The van der Waals surface area contributed by atoms with Crippen LogP contribution in [0.15, 0.2) is 23.0 Å². The van der Waals surface area contributed by atoms with Gasteiger partial charge in [0.15, 0.2) is 11.6 Å². The predicted molar refractivity (Wildman–Crippen MR) is 76.4 cm³/mol. The van der Waals surface area contributed by atoms with E-state index >= 15 is 0 Å². The summed E-state index contributed by atoms with van der Waals surface area (Å²) >= 11 is 1.18. The Morgan fingerprint density at radius 3 is 2.83 bits per heavy atom. The Bertz CT molecular complexity index is 867. The van der Waals surface area contributed by atoms with Gasteiger partial charge in [-0.25, -0.2) is 9.67 Å². The van der Waals surface area contributed by atoms with Crippen molar-refractivity contribution in [3.8, 4) is 10.7 Å². The van der Waals surface area contributed by atoms with Crippen LogP contribution >= 0.6 is 11.3 Å². The van der Waals surface area contributed by atoms with E-state index in [9.17, 15) is 18.0 Å². The summed E-state index contributed by atoms with van der Waals surface area (Å²) in [5.74, 6) is -1.43. The lowest BCUT2D eigenvalue weighted by Crippen LogP contribution is -2.11. The summed E-state index contributed by atoms with van der Waals surface area (Å²) in [5, 5.41) is 7.33. The molecule has 24 heavy (non-hydrogen) atoms. The van der Waals surface area contributed by atoms with Crippen molar-refractivity contribution in [2.24, 2.45) is 0 Å². The fourth-order valence-electron chi connectivity index (χ4n) is 1.92. The maximum absolute atomic E-state index is 12.5. The monoisotopic (exact) mass is 357 g/mol. The number of rotatable bonds is 5. The van der Waals surface area contributed by atoms with Gasteiger partial charge in [-0.3, -0.25) is 4.79 Å². The largest absolute Gasteiger partial charge is 0.471 e. The molecule has 0 saturated heterocycles. The number of carbonyl (C=O) groups excluding carboxylic acids is 1. The highest BCUT2D eigenvalue weighted by Gasteiger charge is 2.38. The lowest BCUT2D eigenvalue weighted by Gasteiger charge is -2.02. The van der Waals surface area contributed by atoms with Crippen LogP contribution < -0.4 is 0 Å². The first kappa shape index (κ1) is 16.3. The molecule has 0 spiro atoms. The fourth-order valence-corrected chi connectivity index (χ4v) is 2.84. The van der Waals surface area contributed by atoms with Crippen LogP contribution in [0.2, 0.25) is 0 Å². The molecule has 0 bridgehead atoms. The van der Waals surface area contributed by atoms with Crippen molar-refractivity contribution in [3.63, 3.8) is 0 Å². The average molecular weight is 357 g/mol. The molecule has 0 atom stereocenters. The zero-order chi connectivity index (χ0) is 17.3. The summed E-state index contributed by atoms with van der Waals surface area (Å²) in [6.45, 7) is 1.99. The molecule has 0 aliphatic carbocycles. The summed E-state index contributed by atoms with van der Waals surface area (Å²) < 4.78 is 43.1. The molecule has 3 aromatic rings. The maximum atomic E-state index is 12.5. The third kappa shape index (κ3) is 3.20. The van der Waals surface area contributed by atoms with Crippen LogP contribution in [0.1, 0.15) is 34.7 Å². The number of hydrogen-bond acceptors (Lipinski definition) is 7. The molecule has 3 aromatic heterocycles. The number of alkyl halides is 3. The Hall–Kier alpha value is -2.56. The first-order valence-electron chi connectivity index (χ1n) is 6.79. The van der Waals surface area contributed by atoms with Gasteiger partial charge in [-0.15, -0.1) is 11.3 Å². The topological polar surface area (TPSA) is 86.7 Å². The van der Waals surface area contributed by atoms with Gasteiger partial charge in [0.25, 0.3) is 0 Å². The minimum atomic E-state index is -4.68. The molecule has 0 radical (unpaired) electrons. The second kappa shape index (κ2) is 6.15. The Morgan fingerprint density at radius 1 is 1.38 bits per heavy atom. The quantitative estimate of drug-likeness (QED) is 0.652. The number of hydrogen-bond donors (Lipinski definition) is 0. The van der Waals surface area contributed by atoms with Crippen LogP contribution in [0.4, 0.5) is 13.2 Å². The molecule has 3 heterocycles. The van der Waals surface area contributed by atoms with Crippen molar-refractivity contribution in [1.29, 1.82) is 0 Å². The van der Waals surface area contributed by atoms with Gasteiger partial charge >= 0.3 is 12.1 Å². The predicted octanol–water partition coefficient (Wildman–Crippen LogP) is 3.05. The molecule has 0 aromatic carbocycles. The van der Waals surface area contributed by atoms with Crippen molar-refractivity contribution >= 4 is 17.1 Å². The van der Waals surface area contributed by atoms with E-state index in [1.54, 1.807) is 19.1 Å². The number of ketones is 1. The lowest BCUT2D eigenvalue weighted by atomic mass is 10.3. The van der Waals surface area contributed by atoms with Gasteiger partial charge < -0.3 is 4.52 Å². The van der Waals surface area contributed by atoms with E-state index in [0.29, 0.717) is 11.3 Å². The summed E-state index contributed by atoms with van der Waals surface area (Å²) in [7, 11) is 0. The second-order valence-electron chi connectivity index (χ2n) is 4.70. The number of Topliss-reactive ketones (excluding diaryl/α,β-unsaturated/α-hetero) is 1. The molecule has 0 aliphatic heterocycles. The van der Waals surface area contributed by atoms with E-state index in [1.807, 2.05) is 0 Å². The highest BCUT2D eigenvalue weighted by atomic mass is 32.1. The van der Waals surface area contributed by atoms with E-state index in [2.05, 4.69) is 24.7 Å². The maximum Gasteiger partial charge on any atom is 0.471 e. The molecular formula is C13H10F3N5O2S. The van der Waals surface area contributed by atoms with Gasteiger partial charge in [0, 0.05) is 11.3 Å². The van der Waals surface area contributed by atoms with Gasteiger partial charge in [-0.05, 0) is 12.1 Å². The highest BCUT2D eigenvalue weighted by molar-refractivity contribution is 7.15. The summed E-state index contributed by atoms with van der Waals surface area (Å²) in [6.07, 6.45) is -3.09. The van der Waals surface area contributed by atoms with Gasteiger partial charge in [-0.1, -0.05) is 12.1 Å². The molecular weight excluding hydrogens is 347 g/mol. The standard InChI is InChI=1S/C13H10F3N5O2S/c1-2-8(22)11-17-6-18-21(11)5-7-3-4-9(24-7)10-19-12(23-20-10)13(14,15)16/h3-4,6H,2,5H2,1H3. The van der Waals surface area contributed by atoms with E-state index in [0.717, 1.165) is 4.88 Å². The number of nitrogens with zero attached hydrogens (tertiary/aromatic N) is 5. The van der Waals surface area contributed by atoms with Crippen LogP contribution in [0.3, 0.4) is 0 Å². The molecule has 7 nitrogen and oxygen atoms in total. The molecule has 0 fully saturated rings. The van der Waals surface area contributed by atoms with Crippen molar-refractivity contribution in [2.45, 2.75) is 26.1 Å². The molecule has 11 heteroatoms. The Morgan fingerprint density at radius 2 is 2.17 bits per heavy atom. The summed E-state index contributed by atoms with van der Waals surface area (Å²) in [6, 6.07) is 3.29. The normalized spacial score (nSPS) is 11.8. The van der Waals surface area contributed by atoms with Gasteiger partial charge in [0.05, 0.1) is 11.4 Å². The third-order valence-corrected chi connectivity index (χ3v) is 4.11. The molecule has 0 saturated carbocycles. The Balaban J connectivity index is 1.80. The SMILES string of the molecule is CCC(=O)c1ncnn1Cc1ccc(-c2noc(C(F)(F)F)n2)s1. The van der Waals surface area contributed by atoms with Gasteiger partial charge in [-0.2, -0.15) is 23.3 Å². The molecule has 0 N–H and O–H groups in total. The minimum absolute atomic E-state index is 0.137. The average Bonchev–Trinajstić information content (AvgIpc) is 3.25. The zero-order valence-electron chi connectivity index (χ0n) is 12.2. The lowest BCUT2D eigenvalue weighted by molar-refractivity contribution is -0.159. The van der Waals surface area contributed by atoms with Crippen LogP contribution in [0.25, 0.3) is 10.7 Å². The van der Waals surface area contributed by atoms with Crippen molar-refractivity contribution in [2.75, 3.05) is 0 Å². The molecule has 0 unspecified atom stereocenters. The van der Waals surface area contributed by atoms with E-state index in [1.165, 1.54) is 22.3 Å². The zero-order valence-corrected chi connectivity index (χ0v) is 13.1. The van der Waals surface area contributed by atoms with Crippen LogP contribution in [-0.4, -0.2) is 30.7 Å². The number of carbonyl (C=O) groups is 1. The highest BCUT2D eigenvalue weighted by Crippen LogP contribution is 2.31. The second-order valence-corrected chi connectivity index (χ2v) is 5.87. The number of thiophene rings is 1. The molecule has 3 rings (SSSR count). The van der Waals surface area contributed by atoms with Crippen molar-refractivity contribution < 1.29 is 22.5 Å². The van der Waals surface area contributed by atoms with Crippen molar-refractivity contribution in [3.05, 3.63) is 35.1 Å². The first-order valence-corrected chi connectivity index (χ1v) is 7.61. The molecule has 126 valence electrons. The van der Waals surface area contributed by atoms with E-state index in [-0.39, 0.29) is 24.0 Å². The van der Waals surface area contributed by atoms with E-state index in [4.69, 9.17) is 0 Å². The third-order valence-electron chi connectivity index (χ3n) is 3.04. The summed E-state index contributed by atoms with van der Waals surface area (Å²) in [4.78, 5) is 20.2.